The average Bonchev–Trinajstić information content (AvgIpc) is 2.60. The molecule has 0 bridgehead atoms. The monoisotopic (exact) mass is 338 g/mol. The third kappa shape index (κ3) is 4.03. The number of hydrogen-bond acceptors (Lipinski definition) is 4. The molecule has 0 spiro atoms. The summed E-state index contributed by atoms with van der Waals surface area (Å²) < 4.78 is 4.93. The second-order valence-corrected chi connectivity index (χ2v) is 6.73. The highest BCUT2D eigenvalue weighted by Crippen LogP contribution is 2.31. The number of rotatable bonds is 5. The molecule has 0 aliphatic heterocycles. The van der Waals surface area contributed by atoms with Crippen molar-refractivity contribution < 1.29 is 19.4 Å². The van der Waals surface area contributed by atoms with E-state index in [2.05, 4.69) is 6.58 Å². The molecule has 0 heterocycles. The van der Waals surface area contributed by atoms with Gasteiger partial charge >= 0.3 is 5.97 Å². The zero-order chi connectivity index (χ0) is 18.6. The molecular weight excluding hydrogens is 316 g/mol. The zero-order valence-electron chi connectivity index (χ0n) is 14.7. The van der Waals surface area contributed by atoms with E-state index in [4.69, 9.17) is 4.74 Å². The highest BCUT2D eigenvalue weighted by Gasteiger charge is 2.30. The van der Waals surface area contributed by atoms with Gasteiger partial charge in [0.2, 0.25) is 0 Å². The maximum atomic E-state index is 12.9. The SMILES string of the molecule is C=COC(=O)c1c(C(=O)C(O)c2ccccc2)cccc1C(C)(C)C. The summed E-state index contributed by atoms with van der Waals surface area (Å²) in [4.78, 5) is 25.3. The topological polar surface area (TPSA) is 63.6 Å². The summed E-state index contributed by atoms with van der Waals surface area (Å²) in [6.45, 7) is 9.22. The van der Waals surface area contributed by atoms with E-state index in [0.717, 1.165) is 6.26 Å². The number of carbonyl (C=O) groups is 2. The van der Waals surface area contributed by atoms with Crippen LogP contribution in [0.25, 0.3) is 0 Å². The minimum atomic E-state index is -1.35. The number of Topliss-reactive ketones (excluding diaryl/α,β-unsaturated/α-hetero) is 1. The molecule has 4 nitrogen and oxygen atoms in total. The standard InChI is InChI=1S/C21H22O4/c1-5-25-20(24)17-15(12-9-13-16(17)21(2,3)4)19(23)18(22)14-10-7-6-8-11-14/h5-13,18,22H,1H2,2-4H3. The molecule has 0 saturated carbocycles. The Hall–Kier alpha value is -2.72. The Labute approximate surface area is 147 Å². The molecule has 1 unspecified atom stereocenters. The number of benzene rings is 2. The summed E-state index contributed by atoms with van der Waals surface area (Å²) in [5.74, 6) is -1.21. The van der Waals surface area contributed by atoms with Crippen LogP contribution in [0.15, 0.2) is 61.4 Å². The third-order valence-electron chi connectivity index (χ3n) is 3.90. The van der Waals surface area contributed by atoms with E-state index in [1.54, 1.807) is 42.5 Å². The number of aliphatic hydroxyl groups is 1. The van der Waals surface area contributed by atoms with E-state index >= 15 is 0 Å². The van der Waals surface area contributed by atoms with Crippen molar-refractivity contribution in [2.45, 2.75) is 32.3 Å². The lowest BCUT2D eigenvalue weighted by Gasteiger charge is -2.24. The molecule has 0 fully saturated rings. The van der Waals surface area contributed by atoms with Crippen molar-refractivity contribution >= 4 is 11.8 Å². The van der Waals surface area contributed by atoms with Gasteiger partial charge in [0.1, 0.15) is 6.10 Å². The van der Waals surface area contributed by atoms with Crippen molar-refractivity contribution in [2.24, 2.45) is 0 Å². The molecule has 4 heteroatoms. The Bertz CT molecular complexity index is 785. The van der Waals surface area contributed by atoms with Gasteiger partial charge in [-0.2, -0.15) is 0 Å². The van der Waals surface area contributed by atoms with Crippen LogP contribution in [0.5, 0.6) is 0 Å². The fraction of sp³-hybridized carbons (Fsp3) is 0.238. The van der Waals surface area contributed by atoms with Crippen LogP contribution < -0.4 is 0 Å². The molecule has 130 valence electrons. The Morgan fingerprint density at radius 1 is 1.08 bits per heavy atom. The molecule has 1 atom stereocenters. The van der Waals surface area contributed by atoms with E-state index in [9.17, 15) is 14.7 Å². The van der Waals surface area contributed by atoms with E-state index in [-0.39, 0.29) is 16.5 Å². The van der Waals surface area contributed by atoms with Crippen LogP contribution in [0.4, 0.5) is 0 Å². The molecule has 0 saturated heterocycles. The predicted octanol–water partition coefficient (Wildman–Crippen LogP) is 4.20. The molecule has 2 aromatic carbocycles. The van der Waals surface area contributed by atoms with Crippen molar-refractivity contribution in [1.29, 1.82) is 0 Å². The molecule has 0 aromatic heterocycles. The van der Waals surface area contributed by atoms with Gasteiger partial charge in [0.05, 0.1) is 11.8 Å². The van der Waals surface area contributed by atoms with Crippen LogP contribution in [0.2, 0.25) is 0 Å². The Balaban J connectivity index is 2.58. The van der Waals surface area contributed by atoms with E-state index in [1.807, 2.05) is 20.8 Å². The number of ether oxygens (including phenoxy) is 1. The van der Waals surface area contributed by atoms with E-state index in [0.29, 0.717) is 11.1 Å². The smallest absolute Gasteiger partial charge is 0.343 e. The Kier molecular flexibility index (Phi) is 5.55. The molecule has 1 N–H and O–H groups in total. The predicted molar refractivity (Wildman–Crippen MR) is 96.5 cm³/mol. The van der Waals surface area contributed by atoms with Crippen LogP contribution in [-0.4, -0.2) is 16.9 Å². The van der Waals surface area contributed by atoms with Gasteiger partial charge in [-0.3, -0.25) is 4.79 Å². The number of aliphatic hydroxyl groups excluding tert-OH is 1. The first-order valence-corrected chi connectivity index (χ1v) is 8.00. The van der Waals surface area contributed by atoms with Crippen LogP contribution in [0.3, 0.4) is 0 Å². The quantitative estimate of drug-likeness (QED) is 0.504. The van der Waals surface area contributed by atoms with Crippen molar-refractivity contribution in [3.05, 3.63) is 83.6 Å². The van der Waals surface area contributed by atoms with Crippen molar-refractivity contribution in [2.75, 3.05) is 0 Å². The van der Waals surface area contributed by atoms with Gasteiger partial charge in [-0.1, -0.05) is 75.9 Å². The van der Waals surface area contributed by atoms with E-state index < -0.39 is 17.9 Å². The first-order valence-electron chi connectivity index (χ1n) is 8.00. The molecule has 0 amide bonds. The third-order valence-corrected chi connectivity index (χ3v) is 3.90. The molecule has 0 aliphatic rings. The highest BCUT2D eigenvalue weighted by atomic mass is 16.5. The van der Waals surface area contributed by atoms with Crippen LogP contribution in [0, 0.1) is 0 Å². The minimum Gasteiger partial charge on any atom is -0.432 e. The lowest BCUT2D eigenvalue weighted by atomic mass is 9.81. The summed E-state index contributed by atoms with van der Waals surface area (Å²) in [7, 11) is 0. The number of hydrogen-bond donors (Lipinski definition) is 1. The second kappa shape index (κ2) is 7.45. The van der Waals surface area contributed by atoms with Gasteiger partial charge < -0.3 is 9.84 Å². The summed E-state index contributed by atoms with van der Waals surface area (Å²) >= 11 is 0. The maximum Gasteiger partial charge on any atom is 0.343 e. The van der Waals surface area contributed by atoms with Crippen LogP contribution >= 0.6 is 0 Å². The van der Waals surface area contributed by atoms with Crippen LogP contribution in [-0.2, 0) is 10.2 Å². The molecular formula is C21H22O4. The van der Waals surface area contributed by atoms with Gasteiger partial charge in [0.15, 0.2) is 5.78 Å². The molecule has 0 radical (unpaired) electrons. The number of esters is 1. The largest absolute Gasteiger partial charge is 0.432 e. The normalized spacial score (nSPS) is 12.3. The fourth-order valence-corrected chi connectivity index (χ4v) is 2.67. The fourth-order valence-electron chi connectivity index (χ4n) is 2.67. The van der Waals surface area contributed by atoms with Gasteiger partial charge in [0.25, 0.3) is 0 Å². The lowest BCUT2D eigenvalue weighted by Crippen LogP contribution is -2.23. The first-order chi connectivity index (χ1) is 11.8. The maximum absolute atomic E-state index is 12.9. The average molecular weight is 338 g/mol. The number of ketones is 1. The van der Waals surface area contributed by atoms with Crippen molar-refractivity contribution in [3.63, 3.8) is 0 Å². The summed E-state index contributed by atoms with van der Waals surface area (Å²) in [6.07, 6.45) is -0.324. The van der Waals surface area contributed by atoms with Crippen molar-refractivity contribution in [3.8, 4) is 0 Å². The number of carbonyl (C=O) groups excluding carboxylic acids is 2. The zero-order valence-corrected chi connectivity index (χ0v) is 14.7. The van der Waals surface area contributed by atoms with Gasteiger partial charge in [-0.25, -0.2) is 4.79 Å². The molecule has 2 rings (SSSR count). The molecule has 2 aromatic rings. The van der Waals surface area contributed by atoms with Gasteiger partial charge in [-0.15, -0.1) is 0 Å². The van der Waals surface area contributed by atoms with Gasteiger partial charge in [0, 0.05) is 5.56 Å². The van der Waals surface area contributed by atoms with Gasteiger partial charge in [-0.05, 0) is 16.5 Å². The highest BCUT2D eigenvalue weighted by molar-refractivity contribution is 6.09. The van der Waals surface area contributed by atoms with Crippen molar-refractivity contribution in [1.82, 2.24) is 0 Å². The Morgan fingerprint density at radius 2 is 1.72 bits per heavy atom. The minimum absolute atomic E-state index is 0.135. The summed E-state index contributed by atoms with van der Waals surface area (Å²) in [5, 5.41) is 10.5. The Morgan fingerprint density at radius 3 is 2.28 bits per heavy atom. The molecule has 0 aliphatic carbocycles. The summed E-state index contributed by atoms with van der Waals surface area (Å²) in [5.41, 5.74) is 1.05. The second-order valence-electron chi connectivity index (χ2n) is 6.73. The summed E-state index contributed by atoms with van der Waals surface area (Å²) in [6, 6.07) is 13.6. The first kappa shape index (κ1) is 18.6. The molecule has 25 heavy (non-hydrogen) atoms. The lowest BCUT2D eigenvalue weighted by molar-refractivity contribution is 0.0646. The van der Waals surface area contributed by atoms with Crippen LogP contribution in [0.1, 0.15) is 58.7 Å². The van der Waals surface area contributed by atoms with E-state index in [1.165, 1.54) is 6.07 Å².